The number of nitrogens with zero attached hydrogens (tertiary/aromatic N) is 1. The zero-order valence-electron chi connectivity index (χ0n) is 10.9. The summed E-state index contributed by atoms with van der Waals surface area (Å²) in [5.74, 6) is 0.474. The predicted octanol–water partition coefficient (Wildman–Crippen LogP) is 3.59. The minimum absolute atomic E-state index is 0.0845. The SMILES string of the molecule is CCCc1ccc(F)cc1C1CCN(C)CC1. The predicted molar refractivity (Wildman–Crippen MR) is 69.9 cm³/mol. The Morgan fingerprint density at radius 3 is 2.65 bits per heavy atom. The summed E-state index contributed by atoms with van der Waals surface area (Å²) < 4.78 is 13.4. The molecular formula is C15H22FN. The van der Waals surface area contributed by atoms with E-state index in [1.807, 2.05) is 6.07 Å². The van der Waals surface area contributed by atoms with Crippen LogP contribution in [0.3, 0.4) is 0 Å². The number of halogens is 1. The normalized spacial score (nSPS) is 18.5. The van der Waals surface area contributed by atoms with Crippen LogP contribution in [0.5, 0.6) is 0 Å². The van der Waals surface area contributed by atoms with E-state index >= 15 is 0 Å². The van der Waals surface area contributed by atoms with E-state index in [0.29, 0.717) is 5.92 Å². The molecule has 17 heavy (non-hydrogen) atoms. The number of rotatable bonds is 3. The van der Waals surface area contributed by atoms with E-state index in [0.717, 1.165) is 38.8 Å². The van der Waals surface area contributed by atoms with Crippen LogP contribution in [-0.4, -0.2) is 25.0 Å². The molecular weight excluding hydrogens is 213 g/mol. The van der Waals surface area contributed by atoms with E-state index in [4.69, 9.17) is 0 Å². The molecule has 1 nitrogen and oxygen atoms in total. The fourth-order valence-corrected chi connectivity index (χ4v) is 2.76. The first-order valence-corrected chi connectivity index (χ1v) is 6.67. The van der Waals surface area contributed by atoms with Crippen LogP contribution in [0.4, 0.5) is 4.39 Å². The van der Waals surface area contributed by atoms with Gasteiger partial charge in [0, 0.05) is 0 Å². The minimum Gasteiger partial charge on any atom is -0.306 e. The van der Waals surface area contributed by atoms with Crippen molar-refractivity contribution in [3.8, 4) is 0 Å². The number of benzene rings is 1. The molecule has 0 aliphatic carbocycles. The molecule has 0 radical (unpaired) electrons. The third kappa shape index (κ3) is 3.06. The highest BCUT2D eigenvalue weighted by Gasteiger charge is 2.20. The Hall–Kier alpha value is -0.890. The number of aryl methyl sites for hydroxylation is 1. The van der Waals surface area contributed by atoms with Crippen LogP contribution in [0.15, 0.2) is 18.2 Å². The van der Waals surface area contributed by atoms with E-state index in [2.05, 4.69) is 18.9 Å². The van der Waals surface area contributed by atoms with Gasteiger partial charge in [0.15, 0.2) is 0 Å². The van der Waals surface area contributed by atoms with Crippen molar-refractivity contribution in [2.75, 3.05) is 20.1 Å². The summed E-state index contributed by atoms with van der Waals surface area (Å²) in [6.07, 6.45) is 4.53. The highest BCUT2D eigenvalue weighted by molar-refractivity contribution is 5.31. The molecule has 2 rings (SSSR count). The number of hydrogen-bond acceptors (Lipinski definition) is 1. The van der Waals surface area contributed by atoms with Crippen LogP contribution < -0.4 is 0 Å². The van der Waals surface area contributed by atoms with Crippen molar-refractivity contribution in [1.82, 2.24) is 4.90 Å². The van der Waals surface area contributed by atoms with Crippen LogP contribution in [0.2, 0.25) is 0 Å². The monoisotopic (exact) mass is 235 g/mol. The third-order valence-corrected chi connectivity index (χ3v) is 3.79. The Morgan fingerprint density at radius 2 is 2.00 bits per heavy atom. The van der Waals surface area contributed by atoms with Crippen molar-refractivity contribution < 1.29 is 4.39 Å². The van der Waals surface area contributed by atoms with Gasteiger partial charge in [0.1, 0.15) is 5.82 Å². The standard InChI is InChI=1S/C15H22FN/c1-3-4-12-5-6-14(16)11-15(12)13-7-9-17(2)10-8-13/h5-6,11,13H,3-4,7-10H2,1-2H3. The van der Waals surface area contributed by atoms with Gasteiger partial charge in [-0.2, -0.15) is 0 Å². The van der Waals surface area contributed by atoms with Gasteiger partial charge in [-0.1, -0.05) is 19.4 Å². The molecule has 0 bridgehead atoms. The van der Waals surface area contributed by atoms with Crippen LogP contribution in [-0.2, 0) is 6.42 Å². The molecule has 0 aromatic heterocycles. The summed E-state index contributed by atoms with van der Waals surface area (Å²) in [6, 6.07) is 5.34. The third-order valence-electron chi connectivity index (χ3n) is 3.79. The molecule has 1 heterocycles. The van der Waals surface area contributed by atoms with E-state index < -0.39 is 0 Å². The summed E-state index contributed by atoms with van der Waals surface area (Å²) in [7, 11) is 2.16. The molecule has 0 unspecified atom stereocenters. The van der Waals surface area contributed by atoms with Gasteiger partial charge in [0.05, 0.1) is 0 Å². The number of likely N-dealkylation sites (tertiary alicyclic amines) is 1. The molecule has 1 saturated heterocycles. The highest BCUT2D eigenvalue weighted by atomic mass is 19.1. The summed E-state index contributed by atoms with van der Waals surface area (Å²) in [6.45, 7) is 4.45. The van der Waals surface area contributed by atoms with Crippen molar-refractivity contribution in [1.29, 1.82) is 0 Å². The van der Waals surface area contributed by atoms with Crippen LogP contribution >= 0.6 is 0 Å². The molecule has 1 aliphatic rings. The lowest BCUT2D eigenvalue weighted by molar-refractivity contribution is 0.254. The van der Waals surface area contributed by atoms with Crippen LogP contribution in [0.1, 0.15) is 43.2 Å². The fourth-order valence-electron chi connectivity index (χ4n) is 2.76. The molecule has 1 aromatic carbocycles. The molecule has 0 amide bonds. The topological polar surface area (TPSA) is 3.24 Å². The first kappa shape index (κ1) is 12.6. The Labute approximate surface area is 104 Å². The molecule has 2 heteroatoms. The van der Waals surface area contributed by atoms with Gasteiger partial charge in [0.25, 0.3) is 0 Å². The van der Waals surface area contributed by atoms with Crippen molar-refractivity contribution >= 4 is 0 Å². The molecule has 0 spiro atoms. The van der Waals surface area contributed by atoms with Crippen molar-refractivity contribution in [2.45, 2.75) is 38.5 Å². The first-order chi connectivity index (χ1) is 8.20. The minimum atomic E-state index is -0.0845. The summed E-state index contributed by atoms with van der Waals surface area (Å²) in [4.78, 5) is 2.36. The largest absolute Gasteiger partial charge is 0.306 e. The van der Waals surface area contributed by atoms with Gasteiger partial charge in [-0.15, -0.1) is 0 Å². The van der Waals surface area contributed by atoms with Gasteiger partial charge in [-0.3, -0.25) is 0 Å². The van der Waals surface area contributed by atoms with E-state index in [-0.39, 0.29) is 5.82 Å². The van der Waals surface area contributed by atoms with Crippen LogP contribution in [0.25, 0.3) is 0 Å². The number of hydrogen-bond donors (Lipinski definition) is 0. The van der Waals surface area contributed by atoms with Crippen molar-refractivity contribution in [3.05, 3.63) is 35.1 Å². The summed E-state index contributed by atoms with van der Waals surface area (Å²) in [5, 5.41) is 0. The zero-order chi connectivity index (χ0) is 12.3. The van der Waals surface area contributed by atoms with Gasteiger partial charge < -0.3 is 4.90 Å². The Morgan fingerprint density at radius 1 is 1.29 bits per heavy atom. The lowest BCUT2D eigenvalue weighted by atomic mass is 9.85. The average molecular weight is 235 g/mol. The van der Waals surface area contributed by atoms with Crippen molar-refractivity contribution in [2.24, 2.45) is 0 Å². The first-order valence-electron chi connectivity index (χ1n) is 6.67. The fraction of sp³-hybridized carbons (Fsp3) is 0.600. The number of piperidine rings is 1. The maximum Gasteiger partial charge on any atom is 0.123 e. The second kappa shape index (κ2) is 5.63. The molecule has 94 valence electrons. The lowest BCUT2D eigenvalue weighted by Gasteiger charge is -2.30. The van der Waals surface area contributed by atoms with Crippen LogP contribution in [0, 0.1) is 5.82 Å². The molecule has 0 atom stereocenters. The summed E-state index contributed by atoms with van der Waals surface area (Å²) in [5.41, 5.74) is 2.61. The molecule has 1 aromatic rings. The summed E-state index contributed by atoms with van der Waals surface area (Å²) >= 11 is 0. The molecule has 1 fully saturated rings. The molecule has 0 N–H and O–H groups in total. The highest BCUT2D eigenvalue weighted by Crippen LogP contribution is 2.31. The second-order valence-corrected chi connectivity index (χ2v) is 5.17. The quantitative estimate of drug-likeness (QED) is 0.774. The van der Waals surface area contributed by atoms with Gasteiger partial charge in [-0.05, 0) is 68.6 Å². The Bertz CT molecular complexity index is 367. The van der Waals surface area contributed by atoms with Gasteiger partial charge in [0.2, 0.25) is 0 Å². The van der Waals surface area contributed by atoms with E-state index in [9.17, 15) is 4.39 Å². The van der Waals surface area contributed by atoms with E-state index in [1.165, 1.54) is 11.1 Å². The van der Waals surface area contributed by atoms with E-state index in [1.54, 1.807) is 12.1 Å². The molecule has 1 aliphatic heterocycles. The zero-order valence-corrected chi connectivity index (χ0v) is 10.9. The Balaban J connectivity index is 2.20. The second-order valence-electron chi connectivity index (χ2n) is 5.17. The van der Waals surface area contributed by atoms with Gasteiger partial charge >= 0.3 is 0 Å². The Kier molecular flexibility index (Phi) is 4.16. The van der Waals surface area contributed by atoms with Gasteiger partial charge in [-0.25, -0.2) is 4.39 Å². The van der Waals surface area contributed by atoms with Crippen molar-refractivity contribution in [3.63, 3.8) is 0 Å². The smallest absolute Gasteiger partial charge is 0.123 e. The lowest BCUT2D eigenvalue weighted by Crippen LogP contribution is -2.29. The maximum absolute atomic E-state index is 13.4. The maximum atomic E-state index is 13.4. The molecule has 0 saturated carbocycles. The average Bonchev–Trinajstić information content (AvgIpc) is 2.33.